The maximum atomic E-state index is 2.55. The predicted molar refractivity (Wildman–Crippen MR) is 119 cm³/mol. The summed E-state index contributed by atoms with van der Waals surface area (Å²) in [7, 11) is 0. The number of benzene rings is 3. The molecule has 144 valence electrons. The molecule has 29 heavy (non-hydrogen) atoms. The highest BCUT2D eigenvalue weighted by molar-refractivity contribution is 5.68. The summed E-state index contributed by atoms with van der Waals surface area (Å²) in [5.74, 6) is 1.43. The number of nitrogens with zero attached hydrogens (tertiary/aromatic N) is 2. The third-order valence-electron chi connectivity index (χ3n) is 6.08. The molecular weight excluding hydrogens is 352 g/mol. The second-order valence-electron chi connectivity index (χ2n) is 7.99. The van der Waals surface area contributed by atoms with Crippen molar-refractivity contribution in [2.75, 3.05) is 0 Å². The van der Waals surface area contributed by atoms with Crippen LogP contribution >= 0.6 is 0 Å². The molecule has 0 spiro atoms. The fraction of sp³-hybridized carbons (Fsp3) is 0.222. The number of aryl methyl sites for hydroxylation is 1. The molecule has 2 nitrogen and oxygen atoms in total. The van der Waals surface area contributed by atoms with Gasteiger partial charge in [-0.3, -0.25) is 0 Å². The third kappa shape index (κ3) is 3.40. The molecule has 2 heteroatoms. The van der Waals surface area contributed by atoms with Gasteiger partial charge in [0, 0.05) is 12.0 Å². The Balaban J connectivity index is 1.61. The van der Waals surface area contributed by atoms with Gasteiger partial charge in [0.1, 0.15) is 11.9 Å². The van der Waals surface area contributed by atoms with Crippen LogP contribution in [-0.2, 0) is 13.0 Å². The molecule has 0 bridgehead atoms. The van der Waals surface area contributed by atoms with Crippen LogP contribution in [0.1, 0.15) is 30.7 Å². The van der Waals surface area contributed by atoms with Crippen molar-refractivity contribution in [2.24, 2.45) is 0 Å². The van der Waals surface area contributed by atoms with Crippen molar-refractivity contribution in [1.82, 2.24) is 4.57 Å². The fourth-order valence-corrected chi connectivity index (χ4v) is 4.51. The number of para-hydroxylation sites is 1. The van der Waals surface area contributed by atoms with Crippen molar-refractivity contribution < 1.29 is 4.57 Å². The Labute approximate surface area is 173 Å². The van der Waals surface area contributed by atoms with Gasteiger partial charge in [-0.05, 0) is 61.1 Å². The smallest absolute Gasteiger partial charge is 0.227 e. The van der Waals surface area contributed by atoms with E-state index in [1.807, 2.05) is 0 Å². The summed E-state index contributed by atoms with van der Waals surface area (Å²) in [6.07, 6.45) is 7.31. The monoisotopic (exact) mass is 379 g/mol. The average molecular weight is 380 g/mol. The molecular formula is C27H27N2+. The van der Waals surface area contributed by atoms with E-state index in [1.54, 1.807) is 0 Å². The summed E-state index contributed by atoms with van der Waals surface area (Å²) < 4.78 is 4.98. The fourth-order valence-electron chi connectivity index (χ4n) is 4.51. The van der Waals surface area contributed by atoms with Gasteiger partial charge in [0.05, 0.1) is 6.54 Å². The van der Waals surface area contributed by atoms with Crippen molar-refractivity contribution in [3.63, 3.8) is 0 Å². The zero-order valence-electron chi connectivity index (χ0n) is 17.0. The minimum atomic E-state index is 1.10. The van der Waals surface area contributed by atoms with E-state index in [4.69, 9.17) is 0 Å². The van der Waals surface area contributed by atoms with Gasteiger partial charge in [0.2, 0.25) is 0 Å². The lowest BCUT2D eigenvalue weighted by molar-refractivity contribution is -0.604. The minimum Gasteiger partial charge on any atom is -0.227 e. The quantitative estimate of drug-likeness (QED) is 0.378. The van der Waals surface area contributed by atoms with Gasteiger partial charge in [0.25, 0.3) is 5.82 Å². The summed E-state index contributed by atoms with van der Waals surface area (Å²) in [5, 5.41) is 0. The van der Waals surface area contributed by atoms with Crippen LogP contribution < -0.4 is 4.57 Å². The highest BCUT2D eigenvalue weighted by Crippen LogP contribution is 2.28. The number of hydrogen-bond donors (Lipinski definition) is 0. The molecule has 1 aromatic heterocycles. The Hall–Kier alpha value is -3.13. The highest BCUT2D eigenvalue weighted by atomic mass is 15.2. The van der Waals surface area contributed by atoms with Crippen LogP contribution in [-0.4, -0.2) is 4.57 Å². The van der Waals surface area contributed by atoms with E-state index in [1.165, 1.54) is 58.7 Å². The van der Waals surface area contributed by atoms with E-state index >= 15 is 0 Å². The van der Waals surface area contributed by atoms with Gasteiger partial charge in [0.15, 0.2) is 5.69 Å². The topological polar surface area (TPSA) is 8.81 Å². The van der Waals surface area contributed by atoms with Crippen molar-refractivity contribution >= 4 is 0 Å². The Morgan fingerprint density at radius 2 is 1.38 bits per heavy atom. The minimum absolute atomic E-state index is 1.10. The van der Waals surface area contributed by atoms with E-state index in [-0.39, 0.29) is 0 Å². The van der Waals surface area contributed by atoms with E-state index in [9.17, 15) is 0 Å². The molecule has 1 aliphatic rings. The average Bonchev–Trinajstić information content (AvgIpc) is 2.95. The number of aromatic nitrogens is 2. The van der Waals surface area contributed by atoms with Crippen LogP contribution in [0.5, 0.6) is 0 Å². The third-order valence-corrected chi connectivity index (χ3v) is 6.08. The number of fused-ring (bicyclic) bond motifs is 1. The van der Waals surface area contributed by atoms with E-state index < -0.39 is 0 Å². The molecule has 0 saturated carbocycles. The first-order chi connectivity index (χ1) is 14.3. The van der Waals surface area contributed by atoms with Crippen LogP contribution in [0.25, 0.3) is 28.1 Å². The lowest BCUT2D eigenvalue weighted by Gasteiger charge is -2.05. The predicted octanol–water partition coefficient (Wildman–Crippen LogP) is 6.13. The van der Waals surface area contributed by atoms with Gasteiger partial charge < -0.3 is 0 Å². The number of rotatable bonds is 3. The summed E-state index contributed by atoms with van der Waals surface area (Å²) in [6, 6.07) is 28.4. The first kappa shape index (κ1) is 17.9. The van der Waals surface area contributed by atoms with Crippen LogP contribution in [0.15, 0.2) is 85.1 Å². The van der Waals surface area contributed by atoms with Crippen molar-refractivity contribution in [2.45, 2.75) is 39.2 Å². The molecule has 0 aliphatic carbocycles. The maximum Gasteiger partial charge on any atom is 0.262 e. The lowest BCUT2D eigenvalue weighted by atomic mass is 10.0. The van der Waals surface area contributed by atoms with Gasteiger partial charge in [-0.15, -0.1) is 0 Å². The van der Waals surface area contributed by atoms with Crippen molar-refractivity contribution in [1.29, 1.82) is 0 Å². The lowest BCUT2D eigenvalue weighted by Crippen LogP contribution is -2.35. The zero-order valence-corrected chi connectivity index (χ0v) is 17.0. The summed E-state index contributed by atoms with van der Waals surface area (Å²) in [6.45, 7) is 3.31. The van der Waals surface area contributed by atoms with Crippen LogP contribution in [0.3, 0.4) is 0 Å². The Kier molecular flexibility index (Phi) is 4.77. The molecule has 0 saturated heterocycles. The molecule has 0 unspecified atom stereocenters. The molecule has 3 aromatic carbocycles. The van der Waals surface area contributed by atoms with Crippen molar-refractivity contribution in [3.8, 4) is 28.1 Å². The van der Waals surface area contributed by atoms with Gasteiger partial charge in [-0.2, -0.15) is 4.57 Å². The SMILES string of the molecule is Cc1ccccc1-[n+]1cc(-c2ccc(-c3ccccc3)cc2)n2c1CCCCC2. The molecule has 5 rings (SSSR count). The van der Waals surface area contributed by atoms with Gasteiger partial charge >= 0.3 is 0 Å². The Bertz CT molecular complexity index is 1120. The van der Waals surface area contributed by atoms with Crippen LogP contribution in [0.4, 0.5) is 0 Å². The highest BCUT2D eigenvalue weighted by Gasteiger charge is 2.27. The maximum absolute atomic E-state index is 2.55. The molecule has 0 atom stereocenters. The van der Waals surface area contributed by atoms with Gasteiger partial charge in [-0.1, -0.05) is 60.7 Å². The van der Waals surface area contributed by atoms with E-state index in [2.05, 4.69) is 101 Å². The molecule has 4 aromatic rings. The van der Waals surface area contributed by atoms with Crippen LogP contribution in [0, 0.1) is 6.92 Å². The standard InChI is InChI=1S/C27H27N2/c1-21-10-7-8-13-25(21)29-20-26(28-19-9-3-6-14-27(28)29)24-17-15-23(16-18-24)22-11-4-2-5-12-22/h2,4-5,7-8,10-13,15-18,20H,3,6,9,14,19H2,1H3/q+1. The second-order valence-corrected chi connectivity index (χ2v) is 7.99. The molecule has 0 radical (unpaired) electrons. The number of hydrogen-bond acceptors (Lipinski definition) is 0. The Morgan fingerprint density at radius 1 is 0.690 bits per heavy atom. The molecule has 0 N–H and O–H groups in total. The summed E-state index contributed by atoms with van der Waals surface area (Å²) in [5.41, 5.74) is 7.77. The molecule has 0 amide bonds. The van der Waals surface area contributed by atoms with E-state index in [0.29, 0.717) is 0 Å². The summed E-state index contributed by atoms with van der Waals surface area (Å²) >= 11 is 0. The second kappa shape index (κ2) is 7.71. The molecule has 2 heterocycles. The normalized spacial score (nSPS) is 13.7. The number of imidazole rings is 1. The molecule has 1 aliphatic heterocycles. The Morgan fingerprint density at radius 3 is 2.17 bits per heavy atom. The zero-order chi connectivity index (χ0) is 19.6. The van der Waals surface area contributed by atoms with Crippen molar-refractivity contribution in [3.05, 3.63) is 96.4 Å². The molecule has 0 fully saturated rings. The van der Waals surface area contributed by atoms with Gasteiger partial charge in [-0.25, -0.2) is 4.57 Å². The first-order valence-electron chi connectivity index (χ1n) is 10.7. The van der Waals surface area contributed by atoms with E-state index in [0.717, 1.165) is 13.0 Å². The largest absolute Gasteiger partial charge is 0.262 e. The first-order valence-corrected chi connectivity index (χ1v) is 10.7. The summed E-state index contributed by atoms with van der Waals surface area (Å²) in [4.78, 5) is 0. The van der Waals surface area contributed by atoms with Crippen LogP contribution in [0.2, 0.25) is 0 Å².